The highest BCUT2D eigenvalue weighted by molar-refractivity contribution is 6.33. The van der Waals surface area contributed by atoms with Crippen molar-refractivity contribution in [1.82, 2.24) is 9.88 Å². The minimum Gasteiger partial charge on any atom is -0.395 e. The summed E-state index contributed by atoms with van der Waals surface area (Å²) < 4.78 is 0. The molecule has 0 bridgehead atoms. The standard InChI is InChI=1S/C15H24ClN3O2/c1-4-11(5-2)19(9-10-20)15(21)14-12(16)7-8-13(18-14)17-6-3/h7-8,11,20H,4-6,9-10H2,1-3H3,(H,17,18). The van der Waals surface area contributed by atoms with Crippen LogP contribution in [0.4, 0.5) is 5.82 Å². The van der Waals surface area contributed by atoms with Gasteiger partial charge in [0, 0.05) is 19.1 Å². The van der Waals surface area contributed by atoms with Crippen molar-refractivity contribution in [2.45, 2.75) is 39.7 Å². The molecule has 0 aliphatic heterocycles. The highest BCUT2D eigenvalue weighted by atomic mass is 35.5. The lowest BCUT2D eigenvalue weighted by Gasteiger charge is -2.30. The largest absolute Gasteiger partial charge is 0.395 e. The summed E-state index contributed by atoms with van der Waals surface area (Å²) in [5.74, 6) is 0.390. The number of carbonyl (C=O) groups is 1. The number of halogens is 1. The third-order valence-corrected chi connectivity index (χ3v) is 3.70. The van der Waals surface area contributed by atoms with Gasteiger partial charge < -0.3 is 15.3 Å². The number of hydrogen-bond donors (Lipinski definition) is 2. The Morgan fingerprint density at radius 3 is 2.57 bits per heavy atom. The number of nitrogens with one attached hydrogen (secondary N) is 1. The van der Waals surface area contributed by atoms with Crippen molar-refractivity contribution in [3.05, 3.63) is 22.8 Å². The molecule has 0 saturated carbocycles. The molecule has 0 unspecified atom stereocenters. The fourth-order valence-corrected chi connectivity index (χ4v) is 2.48. The van der Waals surface area contributed by atoms with Gasteiger partial charge in [-0.15, -0.1) is 0 Å². The molecule has 118 valence electrons. The second kappa shape index (κ2) is 8.85. The minimum atomic E-state index is -0.234. The monoisotopic (exact) mass is 313 g/mol. The van der Waals surface area contributed by atoms with E-state index in [1.54, 1.807) is 17.0 Å². The summed E-state index contributed by atoms with van der Waals surface area (Å²) in [5.41, 5.74) is 0.232. The molecule has 0 saturated heterocycles. The van der Waals surface area contributed by atoms with Crippen LogP contribution in [-0.2, 0) is 0 Å². The van der Waals surface area contributed by atoms with Crippen molar-refractivity contribution < 1.29 is 9.90 Å². The number of amides is 1. The van der Waals surface area contributed by atoms with Crippen LogP contribution in [0.2, 0.25) is 5.02 Å². The first-order valence-corrected chi connectivity index (χ1v) is 7.78. The molecule has 0 aromatic carbocycles. The van der Waals surface area contributed by atoms with Crippen LogP contribution in [-0.4, -0.2) is 46.6 Å². The van der Waals surface area contributed by atoms with Gasteiger partial charge in [0.25, 0.3) is 5.91 Å². The van der Waals surface area contributed by atoms with Gasteiger partial charge >= 0.3 is 0 Å². The average molecular weight is 314 g/mol. The fraction of sp³-hybridized carbons (Fsp3) is 0.600. The van der Waals surface area contributed by atoms with Crippen LogP contribution in [0, 0.1) is 0 Å². The molecule has 0 aliphatic carbocycles. The predicted octanol–water partition coefficient (Wildman–Crippen LogP) is 2.79. The Morgan fingerprint density at radius 1 is 1.38 bits per heavy atom. The zero-order chi connectivity index (χ0) is 15.8. The zero-order valence-electron chi connectivity index (χ0n) is 12.9. The molecular weight excluding hydrogens is 290 g/mol. The van der Waals surface area contributed by atoms with Gasteiger partial charge in [0.15, 0.2) is 0 Å². The Bertz CT molecular complexity index is 464. The summed E-state index contributed by atoms with van der Waals surface area (Å²) >= 11 is 6.13. The van der Waals surface area contributed by atoms with Crippen molar-refractivity contribution >= 4 is 23.3 Å². The SMILES string of the molecule is CCNc1ccc(Cl)c(C(=O)N(CCO)C(CC)CC)n1. The van der Waals surface area contributed by atoms with Crippen LogP contribution in [0.15, 0.2) is 12.1 Å². The van der Waals surface area contributed by atoms with E-state index in [2.05, 4.69) is 10.3 Å². The number of anilines is 1. The van der Waals surface area contributed by atoms with Crippen molar-refractivity contribution in [2.75, 3.05) is 25.0 Å². The van der Waals surface area contributed by atoms with Crippen molar-refractivity contribution in [3.8, 4) is 0 Å². The molecular formula is C15H24ClN3O2. The van der Waals surface area contributed by atoms with Crippen LogP contribution >= 0.6 is 11.6 Å². The third kappa shape index (κ3) is 4.58. The first-order valence-electron chi connectivity index (χ1n) is 7.41. The number of carbonyl (C=O) groups excluding carboxylic acids is 1. The van der Waals surface area contributed by atoms with Gasteiger partial charge in [-0.1, -0.05) is 25.4 Å². The fourth-order valence-electron chi connectivity index (χ4n) is 2.29. The Morgan fingerprint density at radius 2 is 2.05 bits per heavy atom. The van der Waals surface area contributed by atoms with E-state index in [4.69, 9.17) is 11.6 Å². The van der Waals surface area contributed by atoms with E-state index in [9.17, 15) is 9.90 Å². The average Bonchev–Trinajstić information content (AvgIpc) is 2.49. The predicted molar refractivity (Wildman–Crippen MR) is 85.9 cm³/mol. The molecule has 1 heterocycles. The van der Waals surface area contributed by atoms with Crippen LogP contribution in [0.1, 0.15) is 44.1 Å². The maximum absolute atomic E-state index is 12.7. The van der Waals surface area contributed by atoms with Gasteiger partial charge in [0.1, 0.15) is 11.5 Å². The summed E-state index contributed by atoms with van der Waals surface area (Å²) in [7, 11) is 0. The first kappa shape index (κ1) is 17.7. The molecule has 0 radical (unpaired) electrons. The lowest BCUT2D eigenvalue weighted by molar-refractivity contribution is 0.0616. The molecule has 0 spiro atoms. The molecule has 1 aromatic heterocycles. The topological polar surface area (TPSA) is 65.5 Å². The molecule has 1 amide bonds. The Kier molecular flexibility index (Phi) is 7.47. The first-order chi connectivity index (χ1) is 10.1. The molecule has 6 heteroatoms. The third-order valence-electron chi connectivity index (χ3n) is 3.39. The van der Waals surface area contributed by atoms with E-state index < -0.39 is 0 Å². The Labute approximate surface area is 131 Å². The Balaban J connectivity index is 3.10. The van der Waals surface area contributed by atoms with Gasteiger partial charge in [0.05, 0.1) is 11.6 Å². The van der Waals surface area contributed by atoms with Gasteiger partial charge in [-0.2, -0.15) is 0 Å². The summed E-state index contributed by atoms with van der Waals surface area (Å²) in [6.07, 6.45) is 1.65. The lowest BCUT2D eigenvalue weighted by Crippen LogP contribution is -2.42. The van der Waals surface area contributed by atoms with Gasteiger partial charge in [-0.25, -0.2) is 4.98 Å². The van der Waals surface area contributed by atoms with Crippen LogP contribution in [0.3, 0.4) is 0 Å². The van der Waals surface area contributed by atoms with Crippen LogP contribution in [0.25, 0.3) is 0 Å². The van der Waals surface area contributed by atoms with Crippen LogP contribution in [0.5, 0.6) is 0 Å². The minimum absolute atomic E-state index is 0.0744. The van der Waals surface area contributed by atoms with Crippen molar-refractivity contribution in [2.24, 2.45) is 0 Å². The molecule has 5 nitrogen and oxygen atoms in total. The van der Waals surface area contributed by atoms with E-state index in [1.807, 2.05) is 20.8 Å². The van der Waals surface area contributed by atoms with E-state index in [-0.39, 0.29) is 30.8 Å². The molecule has 0 aliphatic rings. The highest BCUT2D eigenvalue weighted by Gasteiger charge is 2.25. The van der Waals surface area contributed by atoms with Gasteiger partial charge in [0.2, 0.25) is 0 Å². The molecule has 0 atom stereocenters. The Hall–Kier alpha value is -1.33. The van der Waals surface area contributed by atoms with Gasteiger partial charge in [-0.05, 0) is 31.9 Å². The maximum Gasteiger partial charge on any atom is 0.274 e. The normalized spacial score (nSPS) is 10.8. The van der Waals surface area contributed by atoms with E-state index in [0.29, 0.717) is 10.8 Å². The van der Waals surface area contributed by atoms with E-state index in [0.717, 1.165) is 19.4 Å². The highest BCUT2D eigenvalue weighted by Crippen LogP contribution is 2.21. The maximum atomic E-state index is 12.7. The van der Waals surface area contributed by atoms with Crippen LogP contribution < -0.4 is 5.32 Å². The smallest absolute Gasteiger partial charge is 0.274 e. The number of hydrogen-bond acceptors (Lipinski definition) is 4. The van der Waals surface area contributed by atoms with Crippen molar-refractivity contribution in [1.29, 1.82) is 0 Å². The van der Waals surface area contributed by atoms with Crippen molar-refractivity contribution in [3.63, 3.8) is 0 Å². The second-order valence-electron chi connectivity index (χ2n) is 4.75. The molecule has 21 heavy (non-hydrogen) atoms. The lowest BCUT2D eigenvalue weighted by atomic mass is 10.1. The molecule has 1 aromatic rings. The van der Waals surface area contributed by atoms with E-state index in [1.165, 1.54) is 0 Å². The summed E-state index contributed by atoms with van der Waals surface area (Å²) in [6.45, 7) is 6.93. The summed E-state index contributed by atoms with van der Waals surface area (Å²) in [5, 5.41) is 12.6. The number of nitrogens with zero attached hydrogens (tertiary/aromatic N) is 2. The summed E-state index contributed by atoms with van der Waals surface area (Å²) in [4.78, 5) is 18.7. The number of rotatable bonds is 8. The zero-order valence-corrected chi connectivity index (χ0v) is 13.7. The van der Waals surface area contributed by atoms with Gasteiger partial charge in [-0.3, -0.25) is 4.79 Å². The molecule has 1 rings (SSSR count). The molecule has 2 N–H and O–H groups in total. The number of aliphatic hydroxyl groups is 1. The number of aliphatic hydroxyl groups excluding tert-OH is 1. The second-order valence-corrected chi connectivity index (χ2v) is 5.16. The summed E-state index contributed by atoms with van der Waals surface area (Å²) in [6, 6.07) is 3.49. The van der Waals surface area contributed by atoms with E-state index >= 15 is 0 Å². The molecule has 0 fully saturated rings. The quantitative estimate of drug-likeness (QED) is 0.774. The number of pyridine rings is 1. The number of aromatic nitrogens is 1.